The van der Waals surface area contributed by atoms with E-state index in [0.717, 1.165) is 17.4 Å². The number of aryl methyl sites for hydroxylation is 2. The van der Waals surface area contributed by atoms with Crippen LogP contribution in [0.3, 0.4) is 0 Å². The largest absolute Gasteiger partial charge is 0.298 e. The van der Waals surface area contributed by atoms with E-state index in [9.17, 15) is 9.18 Å². The molecule has 1 nitrogen and oxygen atoms in total. The third-order valence-electron chi connectivity index (χ3n) is 2.75. The van der Waals surface area contributed by atoms with Crippen LogP contribution in [0.25, 0.3) is 11.1 Å². The Hall–Kier alpha value is -1.96. The highest BCUT2D eigenvalue weighted by Gasteiger charge is 2.09. The number of benzene rings is 2. The van der Waals surface area contributed by atoms with Gasteiger partial charge in [0.25, 0.3) is 0 Å². The van der Waals surface area contributed by atoms with E-state index in [1.807, 2.05) is 26.0 Å². The first-order valence-corrected chi connectivity index (χ1v) is 5.44. The topological polar surface area (TPSA) is 17.1 Å². The van der Waals surface area contributed by atoms with Gasteiger partial charge in [-0.15, -0.1) is 0 Å². The molecule has 0 aliphatic rings. The highest BCUT2D eigenvalue weighted by atomic mass is 19.1. The molecule has 0 saturated heterocycles. The Bertz CT molecular complexity index is 573. The van der Waals surface area contributed by atoms with E-state index in [2.05, 4.69) is 0 Å². The van der Waals surface area contributed by atoms with Crippen molar-refractivity contribution < 1.29 is 9.18 Å². The van der Waals surface area contributed by atoms with E-state index in [4.69, 9.17) is 0 Å². The van der Waals surface area contributed by atoms with Gasteiger partial charge in [0.15, 0.2) is 6.29 Å². The monoisotopic (exact) mass is 228 g/mol. The third kappa shape index (κ3) is 2.26. The lowest BCUT2D eigenvalue weighted by atomic mass is 9.97. The fourth-order valence-electron chi connectivity index (χ4n) is 1.86. The second-order valence-electron chi connectivity index (χ2n) is 4.19. The van der Waals surface area contributed by atoms with Crippen molar-refractivity contribution in [1.29, 1.82) is 0 Å². The van der Waals surface area contributed by atoms with Gasteiger partial charge in [0.2, 0.25) is 0 Å². The van der Waals surface area contributed by atoms with Crippen LogP contribution in [0.1, 0.15) is 21.5 Å². The zero-order valence-corrected chi connectivity index (χ0v) is 9.83. The van der Waals surface area contributed by atoms with Crippen LogP contribution in [0, 0.1) is 19.7 Å². The van der Waals surface area contributed by atoms with Crippen molar-refractivity contribution in [3.8, 4) is 11.1 Å². The molecule has 2 rings (SSSR count). The summed E-state index contributed by atoms with van der Waals surface area (Å²) >= 11 is 0. The standard InChI is InChI=1S/C15H13FO/c1-10-3-5-13(12(7-10)9-17)14-6-4-11(2)8-15(14)16/h3-9H,1-2H3. The van der Waals surface area contributed by atoms with Crippen LogP contribution >= 0.6 is 0 Å². The second-order valence-corrected chi connectivity index (χ2v) is 4.19. The highest BCUT2D eigenvalue weighted by molar-refractivity contribution is 5.88. The lowest BCUT2D eigenvalue weighted by Gasteiger charge is -2.08. The van der Waals surface area contributed by atoms with Gasteiger partial charge in [-0.2, -0.15) is 0 Å². The Morgan fingerprint density at radius 2 is 1.53 bits per heavy atom. The maximum atomic E-state index is 13.8. The van der Waals surface area contributed by atoms with Crippen LogP contribution < -0.4 is 0 Å². The Labute approximate surface area is 99.9 Å². The molecule has 86 valence electrons. The fraction of sp³-hybridized carbons (Fsp3) is 0.133. The zero-order chi connectivity index (χ0) is 12.4. The molecule has 0 atom stereocenters. The van der Waals surface area contributed by atoms with Crippen LogP contribution in [0.5, 0.6) is 0 Å². The molecule has 0 heterocycles. The lowest BCUT2D eigenvalue weighted by Crippen LogP contribution is -1.92. The molecule has 0 saturated carbocycles. The van der Waals surface area contributed by atoms with E-state index in [0.29, 0.717) is 16.7 Å². The Morgan fingerprint density at radius 1 is 0.941 bits per heavy atom. The van der Waals surface area contributed by atoms with Gasteiger partial charge in [0, 0.05) is 11.1 Å². The molecule has 0 aliphatic carbocycles. The Kier molecular flexibility index (Phi) is 3.05. The van der Waals surface area contributed by atoms with Crippen LogP contribution in [-0.2, 0) is 0 Å². The number of hydrogen-bond donors (Lipinski definition) is 0. The SMILES string of the molecule is Cc1ccc(-c2ccc(C)cc2C=O)c(F)c1. The minimum Gasteiger partial charge on any atom is -0.298 e. The van der Waals surface area contributed by atoms with Crippen LogP contribution in [0.2, 0.25) is 0 Å². The number of hydrogen-bond acceptors (Lipinski definition) is 1. The smallest absolute Gasteiger partial charge is 0.150 e. The van der Waals surface area contributed by atoms with Crippen molar-refractivity contribution in [2.45, 2.75) is 13.8 Å². The van der Waals surface area contributed by atoms with Gasteiger partial charge >= 0.3 is 0 Å². The van der Waals surface area contributed by atoms with E-state index in [1.54, 1.807) is 18.2 Å². The second kappa shape index (κ2) is 4.50. The molecule has 0 aliphatic heterocycles. The summed E-state index contributed by atoms with van der Waals surface area (Å²) in [4.78, 5) is 11.0. The summed E-state index contributed by atoms with van der Waals surface area (Å²) in [6.07, 6.45) is 0.766. The molecule has 17 heavy (non-hydrogen) atoms. The lowest BCUT2D eigenvalue weighted by molar-refractivity contribution is 0.112. The van der Waals surface area contributed by atoms with Gasteiger partial charge in [-0.3, -0.25) is 4.79 Å². The number of rotatable bonds is 2. The Balaban J connectivity index is 2.63. The quantitative estimate of drug-likeness (QED) is 0.712. The van der Waals surface area contributed by atoms with Crippen molar-refractivity contribution in [3.63, 3.8) is 0 Å². The summed E-state index contributed by atoms with van der Waals surface area (Å²) in [6.45, 7) is 3.74. The third-order valence-corrected chi connectivity index (χ3v) is 2.75. The molecule has 0 spiro atoms. The van der Waals surface area contributed by atoms with Gasteiger partial charge < -0.3 is 0 Å². The average Bonchev–Trinajstić information content (AvgIpc) is 2.30. The summed E-state index contributed by atoms with van der Waals surface area (Å²) in [7, 11) is 0. The van der Waals surface area contributed by atoms with Crippen molar-refractivity contribution in [2.24, 2.45) is 0 Å². The van der Waals surface area contributed by atoms with Gasteiger partial charge in [-0.1, -0.05) is 29.8 Å². The predicted molar refractivity (Wildman–Crippen MR) is 66.7 cm³/mol. The normalized spacial score (nSPS) is 10.3. The minimum absolute atomic E-state index is 0.294. The van der Waals surface area contributed by atoms with Gasteiger partial charge in [-0.25, -0.2) is 4.39 Å². The molecule has 0 bridgehead atoms. The van der Waals surface area contributed by atoms with Gasteiger partial charge in [0.05, 0.1) is 0 Å². The van der Waals surface area contributed by atoms with Crippen molar-refractivity contribution in [1.82, 2.24) is 0 Å². The molecule has 0 aromatic heterocycles. The van der Waals surface area contributed by atoms with Crippen LogP contribution in [0.15, 0.2) is 36.4 Å². The molecule has 2 heteroatoms. The maximum Gasteiger partial charge on any atom is 0.150 e. The summed E-state index contributed by atoms with van der Waals surface area (Å²) in [5, 5.41) is 0. The van der Waals surface area contributed by atoms with Crippen LogP contribution in [-0.4, -0.2) is 6.29 Å². The van der Waals surface area contributed by atoms with Gasteiger partial charge in [0.1, 0.15) is 5.82 Å². The van der Waals surface area contributed by atoms with Gasteiger partial charge in [-0.05, 0) is 37.1 Å². The summed E-state index contributed by atoms with van der Waals surface area (Å²) in [6, 6.07) is 10.5. The summed E-state index contributed by atoms with van der Waals surface area (Å²) < 4.78 is 13.8. The molecule has 0 unspecified atom stereocenters. The molecule has 0 radical (unpaired) electrons. The first-order valence-electron chi connectivity index (χ1n) is 5.44. The number of halogens is 1. The first kappa shape index (κ1) is 11.5. The molecular formula is C15H13FO. The van der Waals surface area contributed by atoms with Crippen molar-refractivity contribution >= 4 is 6.29 Å². The van der Waals surface area contributed by atoms with E-state index in [1.165, 1.54) is 6.07 Å². The maximum absolute atomic E-state index is 13.8. The highest BCUT2D eigenvalue weighted by Crippen LogP contribution is 2.26. The predicted octanol–water partition coefficient (Wildman–Crippen LogP) is 3.92. The first-order chi connectivity index (χ1) is 8.11. The fourth-order valence-corrected chi connectivity index (χ4v) is 1.86. The molecular weight excluding hydrogens is 215 g/mol. The van der Waals surface area contributed by atoms with E-state index in [-0.39, 0.29) is 5.82 Å². The van der Waals surface area contributed by atoms with Crippen molar-refractivity contribution in [2.75, 3.05) is 0 Å². The van der Waals surface area contributed by atoms with Crippen molar-refractivity contribution in [3.05, 3.63) is 58.9 Å². The average molecular weight is 228 g/mol. The summed E-state index contributed by atoms with van der Waals surface area (Å²) in [5.41, 5.74) is 3.49. The number of carbonyl (C=O) groups excluding carboxylic acids is 1. The molecule has 0 N–H and O–H groups in total. The Morgan fingerprint density at radius 3 is 2.12 bits per heavy atom. The molecule has 2 aromatic rings. The number of carbonyl (C=O) groups is 1. The van der Waals surface area contributed by atoms with Crippen LogP contribution in [0.4, 0.5) is 4.39 Å². The zero-order valence-electron chi connectivity index (χ0n) is 9.83. The molecule has 0 amide bonds. The van der Waals surface area contributed by atoms with E-state index >= 15 is 0 Å². The molecule has 2 aromatic carbocycles. The molecule has 0 fully saturated rings. The summed E-state index contributed by atoms with van der Waals surface area (Å²) in [5.74, 6) is -0.294. The minimum atomic E-state index is -0.294. The van der Waals surface area contributed by atoms with E-state index < -0.39 is 0 Å². The number of aldehydes is 1.